The molecule has 9 heavy (non-hydrogen) atoms. The number of hydrogen-bond donors (Lipinski definition) is 1. The Hall–Kier alpha value is -0.110. The summed E-state index contributed by atoms with van der Waals surface area (Å²) in [6, 6.07) is 0. The minimum atomic E-state index is -0.861. The Balaban J connectivity index is 2.12. The molecule has 1 nitrogen and oxygen atoms in total. The van der Waals surface area contributed by atoms with E-state index >= 15 is 0 Å². The van der Waals surface area contributed by atoms with Gasteiger partial charge in [0.15, 0.2) is 0 Å². The molecule has 0 amide bonds. The first-order valence-electron chi connectivity index (χ1n) is 3.53. The van der Waals surface area contributed by atoms with Gasteiger partial charge in [-0.1, -0.05) is 0 Å². The Labute approximate surface area is 55.4 Å². The van der Waals surface area contributed by atoms with Gasteiger partial charge in [-0.05, 0) is 38.6 Å². The summed E-state index contributed by atoms with van der Waals surface area (Å²) >= 11 is 0. The molecule has 0 radical (unpaired) electrons. The second kappa shape index (κ2) is 2.25. The fourth-order valence-electron chi connectivity index (χ4n) is 1.58. The van der Waals surface area contributed by atoms with E-state index in [1.807, 2.05) is 0 Å². The van der Waals surface area contributed by atoms with Crippen LogP contribution in [0.25, 0.3) is 0 Å². The Kier molecular flexibility index (Phi) is 1.75. The summed E-state index contributed by atoms with van der Waals surface area (Å²) in [5.41, 5.74) is 4.44. The van der Waals surface area contributed by atoms with Crippen LogP contribution in [0.2, 0.25) is 0 Å². The predicted molar refractivity (Wildman–Crippen MR) is 35.9 cm³/mol. The smallest absolute Gasteiger partial charge is 0.108 e. The van der Waals surface area contributed by atoms with Gasteiger partial charge in [0.25, 0.3) is 0 Å². The fourth-order valence-corrected chi connectivity index (χ4v) is 1.58. The van der Waals surface area contributed by atoms with Gasteiger partial charge < -0.3 is 5.73 Å². The standard InChI is InChI=1S/C7H14FN/c1-7(8)4-6(5-7)2-3-9/h6H,2-5,9H2,1H3. The summed E-state index contributed by atoms with van der Waals surface area (Å²) in [5, 5.41) is 0. The molecule has 0 saturated heterocycles. The van der Waals surface area contributed by atoms with Gasteiger partial charge in [-0.25, -0.2) is 4.39 Å². The molecule has 0 aromatic carbocycles. The highest BCUT2D eigenvalue weighted by atomic mass is 19.1. The SMILES string of the molecule is CC1(F)CC(CCN)C1. The summed E-state index contributed by atoms with van der Waals surface area (Å²) < 4.78 is 12.7. The maximum absolute atomic E-state index is 12.7. The van der Waals surface area contributed by atoms with E-state index in [0.29, 0.717) is 12.5 Å². The summed E-state index contributed by atoms with van der Waals surface area (Å²) in [4.78, 5) is 0. The minimum absolute atomic E-state index is 0.574. The molecule has 0 bridgehead atoms. The van der Waals surface area contributed by atoms with Gasteiger partial charge in [-0.3, -0.25) is 0 Å². The Morgan fingerprint density at radius 2 is 2.22 bits per heavy atom. The van der Waals surface area contributed by atoms with Crippen LogP contribution in [0.15, 0.2) is 0 Å². The third-order valence-electron chi connectivity index (χ3n) is 2.00. The van der Waals surface area contributed by atoms with Crippen LogP contribution in [-0.2, 0) is 0 Å². The summed E-state index contributed by atoms with van der Waals surface area (Å²) in [6.07, 6.45) is 2.45. The number of hydrogen-bond acceptors (Lipinski definition) is 1. The molecule has 1 aliphatic carbocycles. The first-order chi connectivity index (χ1) is 4.14. The molecule has 1 saturated carbocycles. The molecule has 1 fully saturated rings. The maximum Gasteiger partial charge on any atom is 0.108 e. The zero-order chi connectivity index (χ0) is 6.91. The third-order valence-corrected chi connectivity index (χ3v) is 2.00. The topological polar surface area (TPSA) is 26.0 Å². The monoisotopic (exact) mass is 131 g/mol. The molecular weight excluding hydrogens is 117 g/mol. The van der Waals surface area contributed by atoms with Crippen molar-refractivity contribution < 1.29 is 4.39 Å². The Morgan fingerprint density at radius 1 is 1.67 bits per heavy atom. The molecule has 2 heteroatoms. The molecule has 1 rings (SSSR count). The Morgan fingerprint density at radius 3 is 2.56 bits per heavy atom. The van der Waals surface area contributed by atoms with E-state index in [9.17, 15) is 4.39 Å². The van der Waals surface area contributed by atoms with E-state index in [1.54, 1.807) is 6.92 Å². The molecule has 0 unspecified atom stereocenters. The lowest BCUT2D eigenvalue weighted by molar-refractivity contribution is 0.0227. The first kappa shape index (κ1) is 7.00. The molecule has 0 aromatic heterocycles. The second-order valence-electron chi connectivity index (χ2n) is 3.26. The number of alkyl halides is 1. The van der Waals surface area contributed by atoms with Gasteiger partial charge in [0.05, 0.1) is 0 Å². The van der Waals surface area contributed by atoms with E-state index in [1.165, 1.54) is 0 Å². The molecule has 2 N–H and O–H groups in total. The van der Waals surface area contributed by atoms with Crippen LogP contribution < -0.4 is 5.73 Å². The average Bonchev–Trinajstić information content (AvgIpc) is 1.62. The van der Waals surface area contributed by atoms with E-state index in [0.717, 1.165) is 19.3 Å². The van der Waals surface area contributed by atoms with Crippen LogP contribution in [0.5, 0.6) is 0 Å². The van der Waals surface area contributed by atoms with Crippen molar-refractivity contribution in [3.8, 4) is 0 Å². The predicted octanol–water partition coefficient (Wildman–Crippen LogP) is 1.47. The van der Waals surface area contributed by atoms with Crippen molar-refractivity contribution in [3.63, 3.8) is 0 Å². The van der Waals surface area contributed by atoms with E-state index in [-0.39, 0.29) is 0 Å². The van der Waals surface area contributed by atoms with Gasteiger partial charge >= 0.3 is 0 Å². The molecule has 0 atom stereocenters. The van der Waals surface area contributed by atoms with Crippen LogP contribution >= 0.6 is 0 Å². The van der Waals surface area contributed by atoms with Gasteiger partial charge in [0, 0.05) is 0 Å². The van der Waals surface area contributed by atoms with E-state index in [2.05, 4.69) is 0 Å². The highest BCUT2D eigenvalue weighted by Gasteiger charge is 2.39. The second-order valence-corrected chi connectivity index (χ2v) is 3.26. The van der Waals surface area contributed by atoms with Crippen molar-refractivity contribution in [2.45, 2.75) is 31.9 Å². The largest absolute Gasteiger partial charge is 0.330 e. The highest BCUT2D eigenvalue weighted by molar-refractivity contribution is 4.90. The zero-order valence-corrected chi connectivity index (χ0v) is 5.86. The van der Waals surface area contributed by atoms with E-state index in [4.69, 9.17) is 5.73 Å². The van der Waals surface area contributed by atoms with Gasteiger partial charge in [-0.15, -0.1) is 0 Å². The molecule has 54 valence electrons. The summed E-state index contributed by atoms with van der Waals surface area (Å²) in [5.74, 6) is 0.574. The molecule has 1 aliphatic rings. The maximum atomic E-state index is 12.7. The number of halogens is 1. The molecule has 0 aliphatic heterocycles. The number of nitrogens with two attached hydrogens (primary N) is 1. The summed E-state index contributed by atoms with van der Waals surface area (Å²) in [6.45, 7) is 2.38. The number of rotatable bonds is 2. The molecular formula is C7H14FN. The lowest BCUT2D eigenvalue weighted by Crippen LogP contribution is -2.37. The van der Waals surface area contributed by atoms with Crippen molar-refractivity contribution in [1.29, 1.82) is 0 Å². The van der Waals surface area contributed by atoms with Crippen molar-refractivity contribution in [1.82, 2.24) is 0 Å². The molecule has 0 heterocycles. The highest BCUT2D eigenvalue weighted by Crippen LogP contribution is 2.41. The fraction of sp³-hybridized carbons (Fsp3) is 1.00. The van der Waals surface area contributed by atoms with Crippen LogP contribution in [0.3, 0.4) is 0 Å². The lowest BCUT2D eigenvalue weighted by Gasteiger charge is -2.38. The normalized spacial score (nSPS) is 42.3. The average molecular weight is 131 g/mol. The van der Waals surface area contributed by atoms with Gasteiger partial charge in [0.1, 0.15) is 5.67 Å². The van der Waals surface area contributed by atoms with Crippen LogP contribution in [0, 0.1) is 5.92 Å². The summed E-state index contributed by atoms with van der Waals surface area (Å²) in [7, 11) is 0. The minimum Gasteiger partial charge on any atom is -0.330 e. The van der Waals surface area contributed by atoms with Gasteiger partial charge in [-0.2, -0.15) is 0 Å². The van der Waals surface area contributed by atoms with Crippen LogP contribution in [-0.4, -0.2) is 12.2 Å². The molecule has 0 spiro atoms. The van der Waals surface area contributed by atoms with Crippen molar-refractivity contribution in [2.75, 3.05) is 6.54 Å². The molecule has 0 aromatic rings. The van der Waals surface area contributed by atoms with Crippen molar-refractivity contribution >= 4 is 0 Å². The van der Waals surface area contributed by atoms with Crippen molar-refractivity contribution in [3.05, 3.63) is 0 Å². The zero-order valence-electron chi connectivity index (χ0n) is 5.86. The van der Waals surface area contributed by atoms with Gasteiger partial charge in [0.2, 0.25) is 0 Å². The Bertz CT molecular complexity index is 93.1. The first-order valence-corrected chi connectivity index (χ1v) is 3.53. The quantitative estimate of drug-likeness (QED) is 0.603. The van der Waals surface area contributed by atoms with Crippen molar-refractivity contribution in [2.24, 2.45) is 11.7 Å². The van der Waals surface area contributed by atoms with E-state index < -0.39 is 5.67 Å². The lowest BCUT2D eigenvalue weighted by atomic mass is 9.72. The third kappa shape index (κ3) is 1.65. The van der Waals surface area contributed by atoms with Crippen LogP contribution in [0.4, 0.5) is 4.39 Å². The van der Waals surface area contributed by atoms with Crippen LogP contribution in [0.1, 0.15) is 26.2 Å².